The second-order valence-electron chi connectivity index (χ2n) is 5.39. The predicted octanol–water partition coefficient (Wildman–Crippen LogP) is 2.10. The van der Waals surface area contributed by atoms with Crippen LogP contribution in [0.1, 0.15) is 13.8 Å². The fourth-order valence-corrected chi connectivity index (χ4v) is 3.56. The van der Waals surface area contributed by atoms with E-state index >= 15 is 0 Å². The predicted molar refractivity (Wildman–Crippen MR) is 81.3 cm³/mol. The van der Waals surface area contributed by atoms with Gasteiger partial charge in [-0.1, -0.05) is 0 Å². The molecule has 0 amide bonds. The van der Waals surface area contributed by atoms with Gasteiger partial charge in [0.05, 0.1) is 6.20 Å². The summed E-state index contributed by atoms with van der Waals surface area (Å²) in [5.41, 5.74) is 0.932. The molecule has 0 unspecified atom stereocenters. The third-order valence-corrected chi connectivity index (χ3v) is 4.63. The molecule has 19 heavy (non-hydrogen) atoms. The van der Waals surface area contributed by atoms with Gasteiger partial charge in [0.1, 0.15) is 5.82 Å². The highest BCUT2D eigenvalue weighted by Crippen LogP contribution is 2.33. The van der Waals surface area contributed by atoms with Crippen LogP contribution in [0, 0.1) is 0 Å². The Morgan fingerprint density at radius 1 is 1.42 bits per heavy atom. The standard InChI is InChI=1S/C13H19N5S/c1-13(2)9-18(6-7-19-13)12-11-15-4-5-17(11)8-10(14-3)16-12/h4-5,8,14H,6-7,9H2,1-3H3. The molecule has 1 fully saturated rings. The minimum Gasteiger partial charge on any atom is -0.372 e. The Balaban J connectivity index is 2.05. The molecule has 0 bridgehead atoms. The Hall–Kier alpha value is -1.43. The lowest BCUT2D eigenvalue weighted by molar-refractivity contribution is 0.643. The van der Waals surface area contributed by atoms with Gasteiger partial charge in [-0.15, -0.1) is 0 Å². The molecule has 1 aliphatic heterocycles. The average Bonchev–Trinajstić information content (AvgIpc) is 2.84. The van der Waals surface area contributed by atoms with Crippen molar-refractivity contribution in [2.45, 2.75) is 18.6 Å². The van der Waals surface area contributed by atoms with Crippen molar-refractivity contribution in [1.29, 1.82) is 0 Å². The van der Waals surface area contributed by atoms with Crippen molar-refractivity contribution in [3.8, 4) is 0 Å². The third kappa shape index (κ3) is 2.36. The van der Waals surface area contributed by atoms with Crippen molar-refractivity contribution in [2.24, 2.45) is 0 Å². The monoisotopic (exact) mass is 277 g/mol. The number of aromatic nitrogens is 3. The molecular weight excluding hydrogens is 258 g/mol. The van der Waals surface area contributed by atoms with E-state index < -0.39 is 0 Å². The molecule has 5 nitrogen and oxygen atoms in total. The van der Waals surface area contributed by atoms with Gasteiger partial charge in [0.2, 0.25) is 0 Å². The normalized spacial score (nSPS) is 18.8. The lowest BCUT2D eigenvalue weighted by Gasteiger charge is -2.38. The Bertz CT molecular complexity index is 592. The smallest absolute Gasteiger partial charge is 0.180 e. The number of hydrogen-bond donors (Lipinski definition) is 1. The highest BCUT2D eigenvalue weighted by Gasteiger charge is 2.29. The van der Waals surface area contributed by atoms with Gasteiger partial charge in [-0.3, -0.25) is 0 Å². The molecule has 0 aliphatic carbocycles. The summed E-state index contributed by atoms with van der Waals surface area (Å²) in [4.78, 5) is 11.5. The van der Waals surface area contributed by atoms with E-state index in [4.69, 9.17) is 4.98 Å². The summed E-state index contributed by atoms with van der Waals surface area (Å²) < 4.78 is 2.29. The number of nitrogens with one attached hydrogen (secondary N) is 1. The molecule has 1 aliphatic rings. The largest absolute Gasteiger partial charge is 0.372 e. The second kappa shape index (κ2) is 4.59. The number of hydrogen-bond acceptors (Lipinski definition) is 5. The van der Waals surface area contributed by atoms with Crippen molar-refractivity contribution in [1.82, 2.24) is 14.4 Å². The number of nitrogens with zero attached hydrogens (tertiary/aromatic N) is 4. The highest BCUT2D eigenvalue weighted by atomic mass is 32.2. The first-order valence-corrected chi connectivity index (χ1v) is 7.48. The van der Waals surface area contributed by atoms with Gasteiger partial charge in [0.15, 0.2) is 11.5 Å². The Kier molecular flexibility index (Phi) is 3.05. The zero-order chi connectivity index (χ0) is 13.5. The summed E-state index contributed by atoms with van der Waals surface area (Å²) in [6.45, 7) is 6.60. The lowest BCUT2D eigenvalue weighted by Crippen LogP contribution is -2.43. The number of thioether (sulfide) groups is 1. The van der Waals surface area contributed by atoms with Crippen LogP contribution in [-0.4, -0.2) is 45.0 Å². The van der Waals surface area contributed by atoms with Gasteiger partial charge in [0, 0.05) is 43.0 Å². The van der Waals surface area contributed by atoms with E-state index in [2.05, 4.69) is 29.0 Å². The van der Waals surface area contributed by atoms with E-state index in [9.17, 15) is 0 Å². The molecule has 2 aromatic heterocycles. The molecule has 0 radical (unpaired) electrons. The van der Waals surface area contributed by atoms with E-state index in [0.717, 1.165) is 36.1 Å². The van der Waals surface area contributed by atoms with Crippen LogP contribution >= 0.6 is 11.8 Å². The molecule has 2 aromatic rings. The molecule has 1 N–H and O–H groups in total. The molecule has 0 saturated carbocycles. The van der Waals surface area contributed by atoms with Crippen LogP contribution in [0.3, 0.4) is 0 Å². The Morgan fingerprint density at radius 2 is 2.26 bits per heavy atom. The van der Waals surface area contributed by atoms with E-state index in [1.54, 1.807) is 0 Å². The average molecular weight is 277 g/mol. The maximum atomic E-state index is 4.70. The van der Waals surface area contributed by atoms with Crippen molar-refractivity contribution < 1.29 is 0 Å². The maximum absolute atomic E-state index is 4.70. The zero-order valence-corrected chi connectivity index (χ0v) is 12.4. The first-order valence-electron chi connectivity index (χ1n) is 6.49. The van der Waals surface area contributed by atoms with Crippen LogP contribution in [0.5, 0.6) is 0 Å². The molecule has 0 spiro atoms. The first-order chi connectivity index (χ1) is 9.09. The van der Waals surface area contributed by atoms with Gasteiger partial charge >= 0.3 is 0 Å². The minimum absolute atomic E-state index is 0.263. The quantitative estimate of drug-likeness (QED) is 0.911. The fraction of sp³-hybridized carbons (Fsp3) is 0.538. The van der Waals surface area contributed by atoms with Crippen molar-refractivity contribution in [3.63, 3.8) is 0 Å². The van der Waals surface area contributed by atoms with Crippen LogP contribution in [0.4, 0.5) is 11.6 Å². The number of rotatable bonds is 2. The van der Waals surface area contributed by atoms with E-state index in [1.807, 2.05) is 41.8 Å². The zero-order valence-electron chi connectivity index (χ0n) is 11.6. The van der Waals surface area contributed by atoms with E-state index in [-0.39, 0.29) is 4.75 Å². The summed E-state index contributed by atoms with van der Waals surface area (Å²) in [5.74, 6) is 2.98. The molecule has 0 atom stereocenters. The Labute approximate surface area is 117 Å². The van der Waals surface area contributed by atoms with E-state index in [0.29, 0.717) is 0 Å². The molecule has 3 rings (SSSR count). The van der Waals surface area contributed by atoms with Gasteiger partial charge in [-0.25, -0.2) is 9.97 Å². The Morgan fingerprint density at radius 3 is 3.00 bits per heavy atom. The number of imidazole rings is 1. The summed E-state index contributed by atoms with van der Waals surface area (Å²) in [5, 5.41) is 3.12. The number of anilines is 2. The van der Waals surface area contributed by atoms with Crippen LogP contribution in [0.2, 0.25) is 0 Å². The van der Waals surface area contributed by atoms with Crippen LogP contribution in [0.25, 0.3) is 5.65 Å². The van der Waals surface area contributed by atoms with Crippen molar-refractivity contribution in [3.05, 3.63) is 18.6 Å². The van der Waals surface area contributed by atoms with E-state index in [1.165, 1.54) is 0 Å². The summed E-state index contributed by atoms with van der Waals surface area (Å²) in [6.07, 6.45) is 5.75. The summed E-state index contributed by atoms with van der Waals surface area (Å²) >= 11 is 2.02. The molecular formula is C13H19N5S. The lowest BCUT2D eigenvalue weighted by atomic mass is 10.2. The van der Waals surface area contributed by atoms with Crippen LogP contribution in [-0.2, 0) is 0 Å². The SMILES string of the molecule is CNc1cn2ccnc2c(N2CCSC(C)(C)C2)n1. The second-order valence-corrected chi connectivity index (χ2v) is 7.19. The van der Waals surface area contributed by atoms with Gasteiger partial charge in [-0.05, 0) is 13.8 Å². The third-order valence-electron chi connectivity index (χ3n) is 3.34. The van der Waals surface area contributed by atoms with Crippen LogP contribution < -0.4 is 10.2 Å². The van der Waals surface area contributed by atoms with Gasteiger partial charge < -0.3 is 14.6 Å². The number of fused-ring (bicyclic) bond motifs is 1. The van der Waals surface area contributed by atoms with Gasteiger partial charge in [-0.2, -0.15) is 11.8 Å². The van der Waals surface area contributed by atoms with Crippen molar-refractivity contribution >= 4 is 29.0 Å². The molecule has 6 heteroatoms. The molecule has 1 saturated heterocycles. The molecule has 3 heterocycles. The summed E-state index contributed by atoms with van der Waals surface area (Å²) in [7, 11) is 1.89. The highest BCUT2D eigenvalue weighted by molar-refractivity contribution is 8.00. The van der Waals surface area contributed by atoms with Crippen LogP contribution in [0.15, 0.2) is 18.6 Å². The fourth-order valence-electron chi connectivity index (χ4n) is 2.44. The van der Waals surface area contributed by atoms with Crippen molar-refractivity contribution in [2.75, 3.05) is 36.1 Å². The maximum Gasteiger partial charge on any atom is 0.180 e. The minimum atomic E-state index is 0.263. The molecule has 0 aromatic carbocycles. The van der Waals surface area contributed by atoms with Gasteiger partial charge in [0.25, 0.3) is 0 Å². The first kappa shape index (κ1) is 12.6. The topological polar surface area (TPSA) is 45.5 Å². The molecule has 102 valence electrons. The summed E-state index contributed by atoms with van der Waals surface area (Å²) in [6, 6.07) is 0.